The van der Waals surface area contributed by atoms with Crippen molar-refractivity contribution in [3.63, 3.8) is 0 Å². The Morgan fingerprint density at radius 3 is 2.66 bits per heavy atom. The molecule has 8 heteroatoms. The van der Waals surface area contributed by atoms with Crippen LogP contribution in [0.1, 0.15) is 32.3 Å². The summed E-state index contributed by atoms with van der Waals surface area (Å²) in [4.78, 5) is 31.8. The van der Waals surface area contributed by atoms with E-state index in [2.05, 4.69) is 45.6 Å². The van der Waals surface area contributed by atoms with Crippen LogP contribution < -0.4 is 4.90 Å². The zero-order valence-corrected chi connectivity index (χ0v) is 20.1. The van der Waals surface area contributed by atoms with Gasteiger partial charge < -0.3 is 14.4 Å². The van der Waals surface area contributed by atoms with Crippen molar-refractivity contribution in [2.24, 2.45) is 10.4 Å². The lowest BCUT2D eigenvalue weighted by Crippen LogP contribution is -2.36. The van der Waals surface area contributed by atoms with E-state index in [4.69, 9.17) is 4.74 Å². The predicted octanol–water partition coefficient (Wildman–Crippen LogP) is 4.38. The molecule has 0 bridgehead atoms. The zero-order valence-electron chi connectivity index (χ0n) is 20.1. The maximum Gasteiger partial charge on any atom is 0.217 e. The Bertz CT molecular complexity index is 1320. The van der Waals surface area contributed by atoms with Crippen LogP contribution in [-0.4, -0.2) is 59.8 Å². The second-order valence-corrected chi connectivity index (χ2v) is 10.00. The number of morpholine rings is 1. The summed E-state index contributed by atoms with van der Waals surface area (Å²) in [5.41, 5.74) is 3.93. The molecule has 7 nitrogen and oxygen atoms in total. The maximum atomic E-state index is 14.9. The lowest BCUT2D eigenvalue weighted by atomic mass is 9.85. The van der Waals surface area contributed by atoms with Crippen LogP contribution in [0.15, 0.2) is 53.4 Å². The number of anilines is 1. The fourth-order valence-corrected chi connectivity index (χ4v) is 4.53. The molecule has 2 unspecified atom stereocenters. The van der Waals surface area contributed by atoms with Gasteiger partial charge in [0.1, 0.15) is 12.6 Å². The number of halogens is 1. The van der Waals surface area contributed by atoms with E-state index in [-0.39, 0.29) is 17.0 Å². The number of benzene rings is 1. The highest BCUT2D eigenvalue weighted by Gasteiger charge is 2.29. The van der Waals surface area contributed by atoms with Crippen molar-refractivity contribution in [3.8, 4) is 11.3 Å². The summed E-state index contributed by atoms with van der Waals surface area (Å²) in [6.45, 7) is 9.31. The average Bonchev–Trinajstić information content (AvgIpc) is 3.36. The molecule has 0 spiro atoms. The van der Waals surface area contributed by atoms with Gasteiger partial charge in [0, 0.05) is 47.7 Å². The SMILES string of the molecule is CC(C)(C)C1C=C(C(C=O)c2cc(-c3ncnc4cc(N5CCOCC5)ccc34)cnc2F)C=N1. The van der Waals surface area contributed by atoms with Crippen LogP contribution in [0.25, 0.3) is 22.2 Å². The first-order chi connectivity index (χ1) is 16.8. The van der Waals surface area contributed by atoms with Gasteiger partial charge in [-0.1, -0.05) is 26.8 Å². The lowest BCUT2D eigenvalue weighted by molar-refractivity contribution is -0.108. The van der Waals surface area contributed by atoms with E-state index in [9.17, 15) is 9.18 Å². The first-order valence-corrected chi connectivity index (χ1v) is 11.8. The molecule has 1 fully saturated rings. The minimum absolute atomic E-state index is 0.0642. The first kappa shape index (κ1) is 23.2. The Labute approximate surface area is 203 Å². The number of allylic oxidation sites excluding steroid dienone is 1. The van der Waals surface area contributed by atoms with Crippen molar-refractivity contribution in [2.45, 2.75) is 32.7 Å². The lowest BCUT2D eigenvalue weighted by Gasteiger charge is -2.29. The van der Waals surface area contributed by atoms with Crippen LogP contribution >= 0.6 is 0 Å². The summed E-state index contributed by atoms with van der Waals surface area (Å²) < 4.78 is 20.3. The number of ether oxygens (including phenoxy) is 1. The molecule has 0 radical (unpaired) electrons. The molecule has 2 aromatic heterocycles. The van der Waals surface area contributed by atoms with Gasteiger partial charge in [-0.2, -0.15) is 4.39 Å². The molecule has 5 rings (SSSR count). The number of nitrogens with zero attached hydrogens (tertiary/aromatic N) is 5. The summed E-state index contributed by atoms with van der Waals surface area (Å²) >= 11 is 0. The second-order valence-electron chi connectivity index (χ2n) is 10.00. The number of pyridine rings is 1. The molecule has 2 atom stereocenters. The van der Waals surface area contributed by atoms with Gasteiger partial charge in [-0.05, 0) is 35.3 Å². The minimum Gasteiger partial charge on any atom is -0.378 e. The average molecular weight is 474 g/mol. The molecule has 3 aromatic rings. The van der Waals surface area contributed by atoms with Crippen molar-refractivity contribution >= 4 is 29.1 Å². The highest BCUT2D eigenvalue weighted by Crippen LogP contribution is 2.35. The zero-order chi connectivity index (χ0) is 24.6. The molecule has 0 aliphatic carbocycles. The largest absolute Gasteiger partial charge is 0.378 e. The highest BCUT2D eigenvalue weighted by molar-refractivity contribution is 5.94. The molecule has 35 heavy (non-hydrogen) atoms. The molecular formula is C27H28FN5O2. The topological polar surface area (TPSA) is 80.6 Å². The van der Waals surface area contributed by atoms with Gasteiger partial charge in [-0.3, -0.25) is 4.99 Å². The number of fused-ring (bicyclic) bond motifs is 1. The summed E-state index contributed by atoms with van der Waals surface area (Å²) in [7, 11) is 0. The summed E-state index contributed by atoms with van der Waals surface area (Å²) in [5.74, 6) is -1.47. The Morgan fingerprint density at radius 2 is 1.94 bits per heavy atom. The van der Waals surface area contributed by atoms with Crippen molar-refractivity contribution in [3.05, 3.63) is 59.9 Å². The van der Waals surface area contributed by atoms with Crippen LogP contribution in [0.3, 0.4) is 0 Å². The first-order valence-electron chi connectivity index (χ1n) is 11.8. The number of aromatic nitrogens is 3. The third-order valence-electron chi connectivity index (χ3n) is 6.59. The van der Waals surface area contributed by atoms with Crippen LogP contribution in [0.4, 0.5) is 10.1 Å². The number of hydrogen-bond acceptors (Lipinski definition) is 7. The quantitative estimate of drug-likeness (QED) is 0.404. The smallest absolute Gasteiger partial charge is 0.217 e. The van der Waals surface area contributed by atoms with Gasteiger partial charge >= 0.3 is 0 Å². The predicted molar refractivity (Wildman–Crippen MR) is 134 cm³/mol. The molecule has 1 saturated heterocycles. The van der Waals surface area contributed by atoms with Gasteiger partial charge in [0.15, 0.2) is 0 Å². The number of carbonyl (C=O) groups excluding carboxylic acids is 1. The molecule has 2 aliphatic heterocycles. The van der Waals surface area contributed by atoms with Gasteiger partial charge in [-0.15, -0.1) is 0 Å². The Balaban J connectivity index is 1.52. The van der Waals surface area contributed by atoms with E-state index < -0.39 is 11.9 Å². The van der Waals surface area contributed by atoms with E-state index in [0.717, 1.165) is 36.0 Å². The monoisotopic (exact) mass is 473 g/mol. The van der Waals surface area contributed by atoms with E-state index in [1.54, 1.807) is 12.3 Å². The van der Waals surface area contributed by atoms with Gasteiger partial charge in [0.2, 0.25) is 5.95 Å². The van der Waals surface area contributed by atoms with Crippen molar-refractivity contribution in [1.29, 1.82) is 0 Å². The highest BCUT2D eigenvalue weighted by atomic mass is 19.1. The van der Waals surface area contributed by atoms with Gasteiger partial charge in [0.05, 0.1) is 36.4 Å². The van der Waals surface area contributed by atoms with Crippen LogP contribution in [0.5, 0.6) is 0 Å². The van der Waals surface area contributed by atoms with Gasteiger partial charge in [0.25, 0.3) is 0 Å². The van der Waals surface area contributed by atoms with Gasteiger partial charge in [-0.25, -0.2) is 15.0 Å². The summed E-state index contributed by atoms with van der Waals surface area (Å²) in [6, 6.07) is 7.66. The van der Waals surface area contributed by atoms with E-state index >= 15 is 0 Å². The second kappa shape index (κ2) is 9.26. The minimum atomic E-state index is -0.792. The van der Waals surface area contributed by atoms with Crippen molar-refractivity contribution in [2.75, 3.05) is 31.2 Å². The normalized spacial score (nSPS) is 19.1. The molecule has 0 amide bonds. The number of hydrogen-bond donors (Lipinski definition) is 0. The van der Waals surface area contributed by atoms with E-state index in [0.29, 0.717) is 30.0 Å². The number of aldehydes is 1. The number of aliphatic imine (C=N–C) groups is 1. The summed E-state index contributed by atoms with van der Waals surface area (Å²) in [6.07, 6.45) is 7.32. The van der Waals surface area contributed by atoms with E-state index in [1.807, 2.05) is 24.3 Å². The fraction of sp³-hybridized carbons (Fsp3) is 0.370. The Hall–Kier alpha value is -3.52. The molecule has 4 heterocycles. The molecule has 180 valence electrons. The van der Waals surface area contributed by atoms with E-state index in [1.165, 1.54) is 12.5 Å². The number of carbonyl (C=O) groups is 1. The Kier molecular flexibility index (Phi) is 6.15. The Morgan fingerprint density at radius 1 is 1.14 bits per heavy atom. The van der Waals surface area contributed by atoms with Crippen molar-refractivity contribution in [1.82, 2.24) is 15.0 Å². The third-order valence-corrected chi connectivity index (χ3v) is 6.59. The van der Waals surface area contributed by atoms with Crippen molar-refractivity contribution < 1.29 is 13.9 Å². The molecule has 0 saturated carbocycles. The molecular weight excluding hydrogens is 445 g/mol. The molecule has 1 aromatic carbocycles. The standard InChI is InChI=1S/C27H28FN5O2/c1-27(2,3)24-11-17(13-29-24)22(15-34)21-10-18(14-30-26(21)28)25-20-5-4-19(12-23(20)31-16-32-25)33-6-8-35-9-7-33/h4-5,10-16,22,24H,6-9H2,1-3H3. The molecule has 2 aliphatic rings. The van der Waals surface area contributed by atoms with Crippen LogP contribution in [0.2, 0.25) is 0 Å². The number of rotatable bonds is 5. The third kappa shape index (κ3) is 4.58. The van der Waals surface area contributed by atoms with Crippen LogP contribution in [0, 0.1) is 11.4 Å². The molecule has 0 N–H and O–H groups in total. The fourth-order valence-electron chi connectivity index (χ4n) is 4.53. The summed E-state index contributed by atoms with van der Waals surface area (Å²) in [5, 5.41) is 0.834. The maximum absolute atomic E-state index is 14.9. The van der Waals surface area contributed by atoms with Crippen LogP contribution in [-0.2, 0) is 9.53 Å².